The largest absolute Gasteiger partial charge is 0.443 e. The lowest BCUT2D eigenvalue weighted by Crippen LogP contribution is -2.50. The molecule has 0 radical (unpaired) electrons. The Hall–Kier alpha value is -0.770. The molecule has 0 aliphatic heterocycles. The molecule has 0 aromatic heterocycles. The highest BCUT2D eigenvalue weighted by Crippen LogP contribution is 2.07. The Morgan fingerprint density at radius 1 is 0.905 bits per heavy atom. The topological polar surface area (TPSA) is 29.5 Å². The van der Waals surface area contributed by atoms with Gasteiger partial charge in [-0.05, 0) is 33.6 Å². The van der Waals surface area contributed by atoms with Gasteiger partial charge in [0.15, 0.2) is 0 Å². The normalized spacial score (nSPS) is 11.5. The van der Waals surface area contributed by atoms with Gasteiger partial charge in [0.2, 0.25) is 0 Å². The molecule has 0 N–H and O–H groups in total. The minimum Gasteiger partial charge on any atom is -0.443 e. The number of quaternary nitrogens is 1. The van der Waals surface area contributed by atoms with Crippen LogP contribution in [0.25, 0.3) is 0 Å². The van der Waals surface area contributed by atoms with E-state index in [2.05, 4.69) is 34.6 Å². The molecule has 0 fully saturated rings. The van der Waals surface area contributed by atoms with Crippen LogP contribution in [0.3, 0.4) is 0 Å². The Morgan fingerprint density at radius 2 is 1.38 bits per heavy atom. The van der Waals surface area contributed by atoms with Crippen molar-refractivity contribution in [3.8, 4) is 0 Å². The molecule has 4 heteroatoms. The highest BCUT2D eigenvalue weighted by atomic mass is 16.6. The molecule has 0 atom stereocenters. The summed E-state index contributed by atoms with van der Waals surface area (Å²) in [6.07, 6.45) is 4.20. The summed E-state index contributed by atoms with van der Waals surface area (Å²) >= 11 is 0. The minimum atomic E-state index is -0.127. The predicted molar refractivity (Wildman–Crippen MR) is 89.5 cm³/mol. The zero-order valence-electron chi connectivity index (χ0n) is 15.0. The fourth-order valence-electron chi connectivity index (χ4n) is 2.56. The van der Waals surface area contributed by atoms with Crippen LogP contribution in [0.1, 0.15) is 60.3 Å². The fourth-order valence-corrected chi connectivity index (χ4v) is 2.56. The first kappa shape index (κ1) is 20.2. The number of unbranched alkanes of at least 4 members (excludes halogenated alkanes) is 2. The second kappa shape index (κ2) is 11.8. The number of amides is 1. The lowest BCUT2D eigenvalue weighted by atomic mass is 10.3. The van der Waals surface area contributed by atoms with Gasteiger partial charge >= 0.3 is 6.09 Å². The smallest absolute Gasteiger partial charge is 0.409 e. The average molecular weight is 301 g/mol. The van der Waals surface area contributed by atoms with E-state index in [9.17, 15) is 4.79 Å². The van der Waals surface area contributed by atoms with E-state index in [1.165, 1.54) is 0 Å². The summed E-state index contributed by atoms with van der Waals surface area (Å²) in [5.41, 5.74) is 0. The van der Waals surface area contributed by atoms with E-state index >= 15 is 0 Å². The van der Waals surface area contributed by atoms with Crippen molar-refractivity contribution in [1.29, 1.82) is 0 Å². The lowest BCUT2D eigenvalue weighted by molar-refractivity contribution is -0.923. The molecule has 1 amide bonds. The molecule has 21 heavy (non-hydrogen) atoms. The number of carbonyl (C=O) groups is 1. The molecule has 0 rings (SSSR count). The molecule has 0 aromatic carbocycles. The standard InChI is InChI=1S/C17H37N2O2/c1-6-11-13-18(14-12-7-2)17(20)21-16-15-19(8-3,9-4)10-5/h6-16H2,1-5H3/q+1. The Balaban J connectivity index is 4.28. The van der Waals surface area contributed by atoms with E-state index in [0.717, 1.165) is 69.4 Å². The van der Waals surface area contributed by atoms with Crippen molar-refractivity contribution in [1.82, 2.24) is 4.90 Å². The first-order chi connectivity index (χ1) is 10.1. The van der Waals surface area contributed by atoms with Crippen LogP contribution in [-0.2, 0) is 4.74 Å². The molecule has 0 saturated heterocycles. The average Bonchev–Trinajstić information content (AvgIpc) is 2.52. The molecule has 0 bridgehead atoms. The number of rotatable bonds is 12. The third kappa shape index (κ3) is 7.70. The van der Waals surface area contributed by atoms with Crippen molar-refractivity contribution >= 4 is 6.09 Å². The van der Waals surface area contributed by atoms with Crippen LogP contribution in [0.2, 0.25) is 0 Å². The van der Waals surface area contributed by atoms with E-state index in [4.69, 9.17) is 4.74 Å². The molecular weight excluding hydrogens is 264 g/mol. The maximum absolute atomic E-state index is 12.2. The number of likely N-dealkylation sites (N-methyl/N-ethyl adjacent to an activating group) is 1. The Morgan fingerprint density at radius 3 is 1.76 bits per heavy atom. The van der Waals surface area contributed by atoms with Crippen LogP contribution in [0, 0.1) is 0 Å². The zero-order chi connectivity index (χ0) is 16.1. The maximum atomic E-state index is 12.2. The summed E-state index contributed by atoms with van der Waals surface area (Å²) in [5.74, 6) is 0. The Labute approximate surface area is 132 Å². The summed E-state index contributed by atoms with van der Waals surface area (Å²) < 4.78 is 6.56. The SMILES string of the molecule is CCCCN(CCCC)C(=O)OCC[N+](CC)(CC)CC. The van der Waals surface area contributed by atoms with Crippen LogP contribution in [0.15, 0.2) is 0 Å². The van der Waals surface area contributed by atoms with Crippen LogP contribution in [-0.4, -0.2) is 61.4 Å². The van der Waals surface area contributed by atoms with Crippen molar-refractivity contribution in [3.63, 3.8) is 0 Å². The van der Waals surface area contributed by atoms with Crippen LogP contribution in [0.5, 0.6) is 0 Å². The molecular formula is C17H37N2O2+. The van der Waals surface area contributed by atoms with Crippen molar-refractivity contribution < 1.29 is 14.0 Å². The summed E-state index contributed by atoms with van der Waals surface area (Å²) in [4.78, 5) is 14.1. The summed E-state index contributed by atoms with van der Waals surface area (Å²) in [6, 6.07) is 0. The molecule has 0 heterocycles. The van der Waals surface area contributed by atoms with Gasteiger partial charge in [-0.25, -0.2) is 4.79 Å². The monoisotopic (exact) mass is 301 g/mol. The summed E-state index contributed by atoms with van der Waals surface area (Å²) in [7, 11) is 0. The molecule has 126 valence electrons. The number of hydrogen-bond donors (Lipinski definition) is 0. The third-order valence-corrected chi connectivity index (χ3v) is 4.62. The summed E-state index contributed by atoms with van der Waals surface area (Å²) in [6.45, 7) is 17.3. The van der Waals surface area contributed by atoms with E-state index in [1.54, 1.807) is 0 Å². The molecule has 0 saturated carbocycles. The van der Waals surface area contributed by atoms with Gasteiger partial charge in [-0.15, -0.1) is 0 Å². The maximum Gasteiger partial charge on any atom is 0.409 e. The van der Waals surface area contributed by atoms with Crippen molar-refractivity contribution in [2.75, 3.05) is 45.9 Å². The van der Waals surface area contributed by atoms with Gasteiger partial charge in [-0.1, -0.05) is 26.7 Å². The lowest BCUT2D eigenvalue weighted by Gasteiger charge is -2.35. The Kier molecular flexibility index (Phi) is 11.4. The van der Waals surface area contributed by atoms with Crippen LogP contribution in [0.4, 0.5) is 4.79 Å². The van der Waals surface area contributed by atoms with E-state index in [0.29, 0.717) is 6.61 Å². The molecule has 0 aliphatic carbocycles. The van der Waals surface area contributed by atoms with Crippen LogP contribution < -0.4 is 0 Å². The van der Waals surface area contributed by atoms with Gasteiger partial charge in [-0.3, -0.25) is 0 Å². The zero-order valence-corrected chi connectivity index (χ0v) is 15.0. The second-order valence-electron chi connectivity index (χ2n) is 5.82. The molecule has 4 nitrogen and oxygen atoms in total. The van der Waals surface area contributed by atoms with E-state index in [-0.39, 0.29) is 6.09 Å². The van der Waals surface area contributed by atoms with Crippen molar-refractivity contribution in [2.45, 2.75) is 60.3 Å². The van der Waals surface area contributed by atoms with Crippen molar-refractivity contribution in [2.24, 2.45) is 0 Å². The van der Waals surface area contributed by atoms with Gasteiger partial charge in [0.05, 0.1) is 19.6 Å². The molecule has 0 aliphatic rings. The highest BCUT2D eigenvalue weighted by molar-refractivity contribution is 5.67. The van der Waals surface area contributed by atoms with Gasteiger partial charge in [0.1, 0.15) is 13.2 Å². The number of nitrogens with zero attached hydrogens (tertiary/aromatic N) is 2. The van der Waals surface area contributed by atoms with E-state index < -0.39 is 0 Å². The van der Waals surface area contributed by atoms with Gasteiger partial charge in [0.25, 0.3) is 0 Å². The molecule has 0 aromatic rings. The number of carbonyl (C=O) groups excluding carboxylic acids is 1. The first-order valence-electron chi connectivity index (χ1n) is 8.85. The van der Waals surface area contributed by atoms with Crippen LogP contribution >= 0.6 is 0 Å². The first-order valence-corrected chi connectivity index (χ1v) is 8.85. The number of hydrogen-bond acceptors (Lipinski definition) is 2. The summed E-state index contributed by atoms with van der Waals surface area (Å²) in [5, 5.41) is 0. The third-order valence-electron chi connectivity index (χ3n) is 4.62. The molecule has 0 unspecified atom stereocenters. The minimum absolute atomic E-state index is 0.127. The number of ether oxygens (including phenoxy) is 1. The second-order valence-corrected chi connectivity index (χ2v) is 5.82. The van der Waals surface area contributed by atoms with Crippen molar-refractivity contribution in [3.05, 3.63) is 0 Å². The predicted octanol–water partition coefficient (Wildman–Crippen LogP) is 3.90. The highest BCUT2D eigenvalue weighted by Gasteiger charge is 2.22. The van der Waals surface area contributed by atoms with Gasteiger partial charge in [-0.2, -0.15) is 0 Å². The molecule has 0 spiro atoms. The quantitative estimate of drug-likeness (QED) is 0.512. The Bertz CT molecular complexity index is 249. The van der Waals surface area contributed by atoms with Gasteiger partial charge in [0, 0.05) is 13.1 Å². The fraction of sp³-hybridized carbons (Fsp3) is 0.941. The van der Waals surface area contributed by atoms with E-state index in [1.807, 2.05) is 4.90 Å². The van der Waals surface area contributed by atoms with Gasteiger partial charge < -0.3 is 14.1 Å².